The molecule has 1 aromatic rings. The summed E-state index contributed by atoms with van der Waals surface area (Å²) in [6.45, 7) is 5.32. The summed E-state index contributed by atoms with van der Waals surface area (Å²) >= 11 is 6.07. The highest BCUT2D eigenvalue weighted by molar-refractivity contribution is 7.89. The first kappa shape index (κ1) is 19.2. The molecule has 1 amide bonds. The first-order valence-corrected chi connectivity index (χ1v) is 9.91. The summed E-state index contributed by atoms with van der Waals surface area (Å²) in [4.78, 5) is 12.2. The van der Waals surface area contributed by atoms with E-state index in [-0.39, 0.29) is 27.5 Å². The van der Waals surface area contributed by atoms with Gasteiger partial charge >= 0.3 is 0 Å². The highest BCUT2D eigenvalue weighted by Crippen LogP contribution is 2.26. The van der Waals surface area contributed by atoms with Crippen molar-refractivity contribution in [3.8, 4) is 0 Å². The van der Waals surface area contributed by atoms with E-state index >= 15 is 0 Å². The normalized spacial score (nSPS) is 18.1. The molecular formula is C16H23ClN2O4S. The maximum atomic E-state index is 12.6. The lowest BCUT2D eigenvalue weighted by Crippen LogP contribution is -2.33. The summed E-state index contributed by atoms with van der Waals surface area (Å²) in [5.41, 5.74) is 0.267. The van der Waals surface area contributed by atoms with Crippen molar-refractivity contribution in [3.05, 3.63) is 28.8 Å². The Balaban J connectivity index is 2.19. The van der Waals surface area contributed by atoms with Gasteiger partial charge in [-0.2, -0.15) is 4.31 Å². The largest absolute Gasteiger partial charge is 0.376 e. The molecule has 8 heteroatoms. The number of amides is 1. The van der Waals surface area contributed by atoms with E-state index in [0.29, 0.717) is 26.2 Å². The zero-order valence-corrected chi connectivity index (χ0v) is 15.5. The molecule has 0 saturated carbocycles. The van der Waals surface area contributed by atoms with Crippen molar-refractivity contribution >= 4 is 27.5 Å². The fourth-order valence-corrected chi connectivity index (χ4v) is 4.62. The zero-order valence-electron chi connectivity index (χ0n) is 13.9. The Labute approximate surface area is 148 Å². The molecule has 2 rings (SSSR count). The Bertz CT molecular complexity index is 683. The molecule has 1 aromatic carbocycles. The molecule has 1 heterocycles. The van der Waals surface area contributed by atoms with Crippen molar-refractivity contribution in [2.24, 2.45) is 0 Å². The van der Waals surface area contributed by atoms with Gasteiger partial charge in [0.15, 0.2) is 0 Å². The minimum Gasteiger partial charge on any atom is -0.376 e. The monoisotopic (exact) mass is 374 g/mol. The first-order chi connectivity index (χ1) is 11.4. The zero-order chi connectivity index (χ0) is 17.7. The van der Waals surface area contributed by atoms with Crippen LogP contribution in [0, 0.1) is 0 Å². The standard InChI is InChI=1S/C16H23ClN2O4S/c1-3-19(4-2)24(21,22)15-10-12(7-8-14(15)17)16(20)18-11-13-6-5-9-23-13/h7-8,10,13H,3-6,9,11H2,1-2H3,(H,18,20)/t13-/m1/s1. The van der Waals surface area contributed by atoms with Crippen LogP contribution in [0.3, 0.4) is 0 Å². The molecule has 0 bridgehead atoms. The lowest BCUT2D eigenvalue weighted by molar-refractivity contribution is 0.0857. The highest BCUT2D eigenvalue weighted by atomic mass is 35.5. The van der Waals surface area contributed by atoms with Gasteiger partial charge in [0.05, 0.1) is 11.1 Å². The summed E-state index contributed by atoms with van der Waals surface area (Å²) in [7, 11) is -3.72. The molecule has 134 valence electrons. The average Bonchev–Trinajstić information content (AvgIpc) is 3.07. The fraction of sp³-hybridized carbons (Fsp3) is 0.562. The van der Waals surface area contributed by atoms with Gasteiger partial charge < -0.3 is 10.1 Å². The van der Waals surface area contributed by atoms with Gasteiger partial charge in [0.25, 0.3) is 5.91 Å². The predicted molar refractivity (Wildman–Crippen MR) is 92.9 cm³/mol. The van der Waals surface area contributed by atoms with Gasteiger partial charge in [-0.3, -0.25) is 4.79 Å². The smallest absolute Gasteiger partial charge is 0.251 e. The van der Waals surface area contributed by atoms with Crippen molar-refractivity contribution in [3.63, 3.8) is 0 Å². The van der Waals surface area contributed by atoms with Crippen molar-refractivity contribution in [2.75, 3.05) is 26.2 Å². The first-order valence-electron chi connectivity index (χ1n) is 8.09. The van der Waals surface area contributed by atoms with Crippen LogP contribution in [0.5, 0.6) is 0 Å². The van der Waals surface area contributed by atoms with Crippen LogP contribution in [-0.4, -0.2) is 51.0 Å². The maximum absolute atomic E-state index is 12.6. The summed E-state index contributed by atoms with van der Waals surface area (Å²) in [6, 6.07) is 4.30. The molecule has 1 fully saturated rings. The molecule has 1 N–H and O–H groups in total. The van der Waals surface area contributed by atoms with Crippen LogP contribution >= 0.6 is 11.6 Å². The molecule has 1 aliphatic heterocycles. The maximum Gasteiger partial charge on any atom is 0.251 e. The Morgan fingerprint density at radius 3 is 2.67 bits per heavy atom. The fourth-order valence-electron chi connectivity index (χ4n) is 2.66. The van der Waals surface area contributed by atoms with Gasteiger partial charge in [-0.15, -0.1) is 0 Å². The van der Waals surface area contributed by atoms with Crippen LogP contribution in [0.2, 0.25) is 5.02 Å². The van der Waals surface area contributed by atoms with E-state index in [0.717, 1.165) is 12.8 Å². The second-order valence-corrected chi connectivity index (χ2v) is 7.89. The highest BCUT2D eigenvalue weighted by Gasteiger charge is 2.26. The van der Waals surface area contributed by atoms with Gasteiger partial charge in [-0.25, -0.2) is 8.42 Å². The number of carbonyl (C=O) groups is 1. The molecule has 1 saturated heterocycles. The van der Waals surface area contributed by atoms with Crippen molar-refractivity contribution in [1.29, 1.82) is 0 Å². The molecule has 0 unspecified atom stereocenters. The summed E-state index contributed by atoms with van der Waals surface area (Å²) in [5, 5.41) is 2.89. The lowest BCUT2D eigenvalue weighted by Gasteiger charge is -2.19. The quantitative estimate of drug-likeness (QED) is 0.794. The second kappa shape index (κ2) is 8.29. The van der Waals surface area contributed by atoms with E-state index < -0.39 is 10.0 Å². The third-order valence-corrected chi connectivity index (χ3v) is 6.56. The van der Waals surface area contributed by atoms with Crippen molar-refractivity contribution in [2.45, 2.75) is 37.7 Å². The molecular weight excluding hydrogens is 352 g/mol. The number of carbonyl (C=O) groups excluding carboxylic acids is 1. The Hall–Kier alpha value is -1.15. The summed E-state index contributed by atoms with van der Waals surface area (Å²) in [5.74, 6) is -0.335. The molecule has 1 aliphatic rings. The van der Waals surface area contributed by atoms with Crippen LogP contribution in [0.15, 0.2) is 23.1 Å². The van der Waals surface area contributed by atoms with Gasteiger partial charge in [0.1, 0.15) is 4.90 Å². The van der Waals surface area contributed by atoms with Gasteiger partial charge in [0, 0.05) is 31.8 Å². The van der Waals surface area contributed by atoms with E-state index in [1.807, 2.05) is 0 Å². The molecule has 0 aliphatic carbocycles. The minimum absolute atomic E-state index is 0.0279. The topological polar surface area (TPSA) is 75.7 Å². The number of hydrogen-bond donors (Lipinski definition) is 1. The Kier molecular flexibility index (Phi) is 6.62. The Morgan fingerprint density at radius 2 is 2.08 bits per heavy atom. The van der Waals surface area contributed by atoms with E-state index in [2.05, 4.69) is 5.32 Å². The van der Waals surface area contributed by atoms with Crippen LogP contribution in [0.1, 0.15) is 37.0 Å². The van der Waals surface area contributed by atoms with E-state index in [1.54, 1.807) is 13.8 Å². The second-order valence-electron chi connectivity index (χ2n) is 5.58. The molecule has 0 radical (unpaired) electrons. The minimum atomic E-state index is -3.72. The lowest BCUT2D eigenvalue weighted by atomic mass is 10.2. The van der Waals surface area contributed by atoms with Crippen LogP contribution in [0.4, 0.5) is 0 Å². The average molecular weight is 375 g/mol. The molecule has 0 spiro atoms. The van der Waals surface area contributed by atoms with E-state index in [4.69, 9.17) is 16.3 Å². The number of hydrogen-bond acceptors (Lipinski definition) is 4. The number of benzene rings is 1. The molecule has 24 heavy (non-hydrogen) atoms. The third kappa shape index (κ3) is 4.27. The predicted octanol–water partition coefficient (Wildman–Crippen LogP) is 2.28. The SMILES string of the molecule is CCN(CC)S(=O)(=O)c1cc(C(=O)NC[C@H]2CCCO2)ccc1Cl. The molecule has 0 aromatic heterocycles. The van der Waals surface area contributed by atoms with E-state index in [1.165, 1.54) is 22.5 Å². The molecule has 1 atom stereocenters. The summed E-state index contributed by atoms with van der Waals surface area (Å²) < 4.78 is 32.1. The number of sulfonamides is 1. The summed E-state index contributed by atoms with van der Waals surface area (Å²) in [6.07, 6.45) is 1.94. The van der Waals surface area contributed by atoms with Crippen molar-refractivity contribution < 1.29 is 17.9 Å². The molecule has 6 nitrogen and oxygen atoms in total. The van der Waals surface area contributed by atoms with Crippen molar-refractivity contribution in [1.82, 2.24) is 9.62 Å². The number of rotatable bonds is 7. The van der Waals surface area contributed by atoms with Gasteiger partial charge in [0.2, 0.25) is 10.0 Å². The number of nitrogens with one attached hydrogen (secondary N) is 1. The third-order valence-electron chi connectivity index (χ3n) is 4.03. The number of nitrogens with zero attached hydrogens (tertiary/aromatic N) is 1. The number of halogens is 1. The van der Waals surface area contributed by atoms with E-state index in [9.17, 15) is 13.2 Å². The van der Waals surface area contributed by atoms with Crippen LogP contribution in [0.25, 0.3) is 0 Å². The van der Waals surface area contributed by atoms with Crippen LogP contribution in [-0.2, 0) is 14.8 Å². The number of ether oxygens (including phenoxy) is 1. The van der Waals surface area contributed by atoms with Gasteiger partial charge in [-0.05, 0) is 31.0 Å². The Morgan fingerprint density at radius 1 is 1.38 bits per heavy atom. The van der Waals surface area contributed by atoms with Crippen LogP contribution < -0.4 is 5.32 Å². The van der Waals surface area contributed by atoms with Gasteiger partial charge in [-0.1, -0.05) is 25.4 Å².